The van der Waals surface area contributed by atoms with Gasteiger partial charge in [0.25, 0.3) is 11.8 Å². The molecule has 0 atom stereocenters. The van der Waals surface area contributed by atoms with E-state index in [0.29, 0.717) is 11.6 Å². The first kappa shape index (κ1) is 20.3. The Morgan fingerprint density at radius 3 is 2.55 bits per heavy atom. The number of aromatic nitrogens is 2. The Morgan fingerprint density at radius 1 is 1.03 bits per heavy atom. The maximum atomic E-state index is 14.1. The van der Waals surface area contributed by atoms with Gasteiger partial charge in [-0.15, -0.1) is 0 Å². The van der Waals surface area contributed by atoms with Crippen LogP contribution in [-0.2, 0) is 6.61 Å². The number of anilines is 1. The van der Waals surface area contributed by atoms with E-state index >= 15 is 0 Å². The van der Waals surface area contributed by atoms with Crippen molar-refractivity contribution in [1.82, 2.24) is 10.1 Å². The maximum Gasteiger partial charge on any atom is 0.264 e. The van der Waals surface area contributed by atoms with Gasteiger partial charge in [-0.05, 0) is 43.7 Å². The van der Waals surface area contributed by atoms with E-state index in [2.05, 4.69) is 15.5 Å². The number of ether oxygens (including phenoxy) is 1. The molecule has 1 aromatic heterocycles. The second-order valence-electron chi connectivity index (χ2n) is 7.10. The van der Waals surface area contributed by atoms with E-state index in [-0.39, 0.29) is 23.7 Å². The molecule has 4 rings (SSSR count). The molecular formula is C24H20FN3O3. The minimum atomic E-state index is -0.499. The van der Waals surface area contributed by atoms with Crippen LogP contribution in [0.2, 0.25) is 0 Å². The SMILES string of the molecule is Cc1ccc(-c2noc(COc3ccccc3C(=O)Nc3ccc(C)cc3F)n2)cc1. The van der Waals surface area contributed by atoms with Crippen molar-refractivity contribution in [2.45, 2.75) is 20.5 Å². The number of rotatable bonds is 6. The Kier molecular flexibility index (Phi) is 5.75. The van der Waals surface area contributed by atoms with Crippen LogP contribution < -0.4 is 10.1 Å². The topological polar surface area (TPSA) is 77.2 Å². The van der Waals surface area contributed by atoms with Gasteiger partial charge in [-0.3, -0.25) is 4.79 Å². The quantitative estimate of drug-likeness (QED) is 0.459. The summed E-state index contributed by atoms with van der Waals surface area (Å²) in [4.78, 5) is 17.0. The van der Waals surface area contributed by atoms with Crippen LogP contribution in [0.25, 0.3) is 11.4 Å². The number of hydrogen-bond donors (Lipinski definition) is 1. The minimum absolute atomic E-state index is 0.0119. The zero-order valence-electron chi connectivity index (χ0n) is 17.1. The lowest BCUT2D eigenvalue weighted by Gasteiger charge is -2.11. The van der Waals surface area contributed by atoms with Gasteiger partial charge in [0.1, 0.15) is 11.6 Å². The first-order valence-electron chi connectivity index (χ1n) is 9.68. The molecule has 1 heterocycles. The second-order valence-corrected chi connectivity index (χ2v) is 7.10. The van der Waals surface area contributed by atoms with E-state index < -0.39 is 11.7 Å². The van der Waals surface area contributed by atoms with E-state index in [0.717, 1.165) is 16.7 Å². The van der Waals surface area contributed by atoms with Gasteiger partial charge >= 0.3 is 0 Å². The molecule has 4 aromatic rings. The molecule has 0 bridgehead atoms. The number of amides is 1. The lowest BCUT2D eigenvalue weighted by Crippen LogP contribution is -2.14. The molecule has 1 amide bonds. The number of para-hydroxylation sites is 1. The number of benzene rings is 3. The van der Waals surface area contributed by atoms with Gasteiger partial charge in [-0.25, -0.2) is 4.39 Å². The van der Waals surface area contributed by atoms with Gasteiger partial charge in [0, 0.05) is 5.56 Å². The number of halogens is 1. The molecule has 0 unspecified atom stereocenters. The van der Waals surface area contributed by atoms with Crippen molar-refractivity contribution in [2.75, 3.05) is 5.32 Å². The van der Waals surface area contributed by atoms with E-state index in [9.17, 15) is 9.18 Å². The standard InChI is InChI=1S/C24H20FN3O3/c1-15-7-10-17(11-8-15)23-27-22(31-28-23)14-30-21-6-4-3-5-18(21)24(29)26-20-12-9-16(2)13-19(20)25/h3-13H,14H2,1-2H3,(H,26,29). The average molecular weight is 417 g/mol. The summed E-state index contributed by atoms with van der Waals surface area (Å²) in [7, 11) is 0. The van der Waals surface area contributed by atoms with E-state index in [1.165, 1.54) is 12.1 Å². The fourth-order valence-corrected chi connectivity index (χ4v) is 2.96. The van der Waals surface area contributed by atoms with Crippen LogP contribution in [-0.4, -0.2) is 16.0 Å². The molecule has 0 aliphatic rings. The van der Waals surface area contributed by atoms with Crippen molar-refractivity contribution in [3.63, 3.8) is 0 Å². The average Bonchev–Trinajstić information content (AvgIpc) is 3.24. The summed E-state index contributed by atoms with van der Waals surface area (Å²) in [5.74, 6) is 0.0721. The highest BCUT2D eigenvalue weighted by atomic mass is 19.1. The number of aryl methyl sites for hydroxylation is 2. The molecule has 3 aromatic carbocycles. The first-order valence-corrected chi connectivity index (χ1v) is 9.68. The highest BCUT2D eigenvalue weighted by molar-refractivity contribution is 6.06. The highest BCUT2D eigenvalue weighted by Crippen LogP contribution is 2.23. The fourth-order valence-electron chi connectivity index (χ4n) is 2.96. The van der Waals surface area contributed by atoms with Crippen molar-refractivity contribution in [3.05, 3.63) is 95.1 Å². The van der Waals surface area contributed by atoms with Gasteiger partial charge in [-0.2, -0.15) is 4.98 Å². The number of hydrogen-bond acceptors (Lipinski definition) is 5. The van der Waals surface area contributed by atoms with Gasteiger partial charge < -0.3 is 14.6 Å². The predicted octanol–water partition coefficient (Wildman–Crippen LogP) is 5.32. The lowest BCUT2D eigenvalue weighted by atomic mass is 10.1. The van der Waals surface area contributed by atoms with Crippen LogP contribution in [0.5, 0.6) is 5.75 Å². The molecule has 0 aliphatic heterocycles. The maximum absolute atomic E-state index is 14.1. The second kappa shape index (κ2) is 8.79. The molecule has 1 N–H and O–H groups in total. The van der Waals surface area contributed by atoms with Crippen molar-refractivity contribution in [1.29, 1.82) is 0 Å². The lowest BCUT2D eigenvalue weighted by molar-refractivity contribution is 0.102. The van der Waals surface area contributed by atoms with Gasteiger partial charge in [0.2, 0.25) is 5.82 Å². The largest absolute Gasteiger partial charge is 0.483 e. The van der Waals surface area contributed by atoms with Crippen LogP contribution in [0.1, 0.15) is 27.4 Å². The highest BCUT2D eigenvalue weighted by Gasteiger charge is 2.16. The molecule has 31 heavy (non-hydrogen) atoms. The van der Waals surface area contributed by atoms with Crippen molar-refractivity contribution in [3.8, 4) is 17.1 Å². The summed E-state index contributed by atoms with van der Waals surface area (Å²) in [5, 5.41) is 6.55. The number of carbonyl (C=O) groups is 1. The van der Waals surface area contributed by atoms with Crippen LogP contribution >= 0.6 is 0 Å². The molecule has 0 aliphatic carbocycles. The summed E-state index contributed by atoms with van der Waals surface area (Å²) in [6.45, 7) is 3.77. The first-order chi connectivity index (χ1) is 15.0. The monoisotopic (exact) mass is 417 g/mol. The molecule has 0 fully saturated rings. The molecule has 156 valence electrons. The Bertz CT molecular complexity index is 1220. The van der Waals surface area contributed by atoms with Crippen molar-refractivity contribution < 1.29 is 18.4 Å². The van der Waals surface area contributed by atoms with Crippen LogP contribution in [0.15, 0.2) is 71.3 Å². The van der Waals surface area contributed by atoms with E-state index in [4.69, 9.17) is 9.26 Å². The zero-order valence-corrected chi connectivity index (χ0v) is 17.1. The molecule has 0 radical (unpaired) electrons. The Morgan fingerprint density at radius 2 is 1.77 bits per heavy atom. The normalized spacial score (nSPS) is 10.7. The summed E-state index contributed by atoms with van der Waals surface area (Å²) >= 11 is 0. The Balaban J connectivity index is 1.46. The van der Waals surface area contributed by atoms with Crippen LogP contribution in [0.3, 0.4) is 0 Å². The minimum Gasteiger partial charge on any atom is -0.483 e. The third-order valence-corrected chi connectivity index (χ3v) is 4.63. The number of nitrogens with one attached hydrogen (secondary N) is 1. The zero-order chi connectivity index (χ0) is 21.8. The summed E-state index contributed by atoms with van der Waals surface area (Å²) in [6, 6.07) is 19.1. The Labute approximate surface area is 178 Å². The van der Waals surface area contributed by atoms with Gasteiger partial charge in [-0.1, -0.05) is 53.2 Å². The Hall–Kier alpha value is -4.00. The summed E-state index contributed by atoms with van der Waals surface area (Å²) in [6.07, 6.45) is 0. The molecule has 0 saturated carbocycles. The third kappa shape index (κ3) is 4.78. The number of carbonyl (C=O) groups excluding carboxylic acids is 1. The third-order valence-electron chi connectivity index (χ3n) is 4.63. The molecule has 6 nitrogen and oxygen atoms in total. The van der Waals surface area contributed by atoms with E-state index in [1.807, 2.05) is 31.2 Å². The molecule has 0 spiro atoms. The fraction of sp³-hybridized carbons (Fsp3) is 0.125. The predicted molar refractivity (Wildman–Crippen MR) is 114 cm³/mol. The summed E-state index contributed by atoms with van der Waals surface area (Å²) in [5.41, 5.74) is 3.10. The van der Waals surface area contributed by atoms with Crippen molar-refractivity contribution in [2.24, 2.45) is 0 Å². The summed E-state index contributed by atoms with van der Waals surface area (Å²) < 4.78 is 25.1. The van der Waals surface area contributed by atoms with Crippen LogP contribution in [0.4, 0.5) is 10.1 Å². The smallest absolute Gasteiger partial charge is 0.264 e. The van der Waals surface area contributed by atoms with E-state index in [1.54, 1.807) is 37.3 Å². The van der Waals surface area contributed by atoms with Crippen LogP contribution in [0, 0.1) is 19.7 Å². The van der Waals surface area contributed by atoms with Gasteiger partial charge in [0.15, 0.2) is 6.61 Å². The molecular weight excluding hydrogens is 397 g/mol. The molecule has 7 heteroatoms. The number of nitrogens with zero attached hydrogens (tertiary/aromatic N) is 2. The van der Waals surface area contributed by atoms with Gasteiger partial charge in [0.05, 0.1) is 11.3 Å². The van der Waals surface area contributed by atoms with Crippen molar-refractivity contribution >= 4 is 11.6 Å². The molecule has 0 saturated heterocycles.